The predicted molar refractivity (Wildman–Crippen MR) is 129 cm³/mol. The molecule has 1 aromatic heterocycles. The van der Waals surface area contributed by atoms with E-state index in [1.807, 2.05) is 35.2 Å². The number of amides is 3. The number of rotatable bonds is 6. The first-order chi connectivity index (χ1) is 17.1. The highest BCUT2D eigenvalue weighted by Gasteiger charge is 2.35. The summed E-state index contributed by atoms with van der Waals surface area (Å²) in [5.41, 5.74) is 1.72. The van der Waals surface area contributed by atoms with Gasteiger partial charge in [0.15, 0.2) is 5.69 Å². The molecule has 2 saturated heterocycles. The lowest BCUT2D eigenvalue weighted by molar-refractivity contribution is -0.127. The fourth-order valence-electron chi connectivity index (χ4n) is 5.23. The zero-order valence-electron chi connectivity index (χ0n) is 20.0. The highest BCUT2D eigenvalue weighted by Crippen LogP contribution is 2.22. The summed E-state index contributed by atoms with van der Waals surface area (Å²) >= 11 is 0. The zero-order valence-corrected chi connectivity index (χ0v) is 20.0. The van der Waals surface area contributed by atoms with Crippen LogP contribution in [0.25, 0.3) is 0 Å². The first-order valence-corrected chi connectivity index (χ1v) is 12.7. The maximum absolute atomic E-state index is 13.5. The van der Waals surface area contributed by atoms with Gasteiger partial charge in [0.05, 0.1) is 6.10 Å². The summed E-state index contributed by atoms with van der Waals surface area (Å²) in [6.45, 7) is 3.45. The summed E-state index contributed by atoms with van der Waals surface area (Å²) in [6.07, 6.45) is 5.15. The van der Waals surface area contributed by atoms with Crippen molar-refractivity contribution in [1.29, 1.82) is 0 Å². The van der Waals surface area contributed by atoms with Crippen LogP contribution in [0.5, 0.6) is 0 Å². The number of hydrogen-bond acceptors (Lipinski definition) is 5. The molecule has 186 valence electrons. The van der Waals surface area contributed by atoms with Crippen molar-refractivity contribution in [2.24, 2.45) is 0 Å². The molecule has 35 heavy (non-hydrogen) atoms. The lowest BCUT2D eigenvalue weighted by atomic mass is 10.0. The number of hydrogen-bond donors (Lipinski definition) is 1. The molecule has 0 aliphatic carbocycles. The van der Waals surface area contributed by atoms with Crippen molar-refractivity contribution in [1.82, 2.24) is 24.9 Å². The summed E-state index contributed by atoms with van der Waals surface area (Å²) in [6, 6.07) is 11.0. The van der Waals surface area contributed by atoms with Gasteiger partial charge in [-0.15, -0.1) is 0 Å². The van der Waals surface area contributed by atoms with Crippen LogP contribution in [0.15, 0.2) is 36.4 Å². The SMILES string of the molecule is O=C(NC[C@H]1CCCO1)[C@@H]1CCCCN1C(=O)c1cc2n(n1)CCCN(Cc1ccccc1)C2=O. The molecule has 9 nitrogen and oxygen atoms in total. The molecule has 3 aliphatic rings. The van der Waals surface area contributed by atoms with Crippen molar-refractivity contribution < 1.29 is 19.1 Å². The molecular formula is C26H33N5O4. The minimum atomic E-state index is -0.524. The van der Waals surface area contributed by atoms with Crippen LogP contribution in [0.2, 0.25) is 0 Å². The molecule has 0 unspecified atom stereocenters. The summed E-state index contributed by atoms with van der Waals surface area (Å²) in [4.78, 5) is 43.2. The summed E-state index contributed by atoms with van der Waals surface area (Å²) < 4.78 is 7.25. The molecule has 0 spiro atoms. The number of ether oxygens (including phenoxy) is 1. The van der Waals surface area contributed by atoms with Gasteiger partial charge < -0.3 is 19.9 Å². The van der Waals surface area contributed by atoms with Crippen LogP contribution in [-0.4, -0.2) is 75.7 Å². The predicted octanol–water partition coefficient (Wildman–Crippen LogP) is 2.22. The second-order valence-corrected chi connectivity index (χ2v) is 9.59. The minimum Gasteiger partial charge on any atom is -0.376 e. The lowest BCUT2D eigenvalue weighted by Crippen LogP contribution is -2.52. The van der Waals surface area contributed by atoms with Crippen molar-refractivity contribution in [2.45, 2.75) is 63.8 Å². The van der Waals surface area contributed by atoms with Gasteiger partial charge in [-0.05, 0) is 44.1 Å². The lowest BCUT2D eigenvalue weighted by Gasteiger charge is -2.34. The van der Waals surface area contributed by atoms with Gasteiger partial charge in [0.1, 0.15) is 11.7 Å². The number of nitrogens with one attached hydrogen (secondary N) is 1. The van der Waals surface area contributed by atoms with Gasteiger partial charge in [-0.3, -0.25) is 19.1 Å². The van der Waals surface area contributed by atoms with Crippen LogP contribution in [0.3, 0.4) is 0 Å². The molecule has 1 aromatic carbocycles. The van der Waals surface area contributed by atoms with Crippen LogP contribution in [-0.2, 0) is 22.6 Å². The fourth-order valence-corrected chi connectivity index (χ4v) is 5.23. The molecule has 1 N–H and O–H groups in total. The molecule has 9 heteroatoms. The van der Waals surface area contributed by atoms with Crippen LogP contribution < -0.4 is 5.32 Å². The van der Waals surface area contributed by atoms with E-state index in [-0.39, 0.29) is 29.5 Å². The van der Waals surface area contributed by atoms with Crippen molar-refractivity contribution in [3.05, 3.63) is 53.3 Å². The molecule has 4 heterocycles. The number of aryl methyl sites for hydroxylation is 1. The van der Waals surface area contributed by atoms with Gasteiger partial charge in [0, 0.05) is 45.4 Å². The van der Waals surface area contributed by atoms with Gasteiger partial charge >= 0.3 is 0 Å². The number of carbonyl (C=O) groups is 3. The van der Waals surface area contributed by atoms with Crippen LogP contribution in [0.1, 0.15) is 65.1 Å². The third kappa shape index (κ3) is 5.24. The largest absolute Gasteiger partial charge is 0.376 e. The number of fused-ring (bicyclic) bond motifs is 1. The highest BCUT2D eigenvalue weighted by atomic mass is 16.5. The molecule has 2 atom stereocenters. The molecule has 5 rings (SSSR count). The van der Waals surface area contributed by atoms with Crippen molar-refractivity contribution in [3.8, 4) is 0 Å². The van der Waals surface area contributed by atoms with E-state index in [9.17, 15) is 14.4 Å². The first kappa shape index (κ1) is 23.5. The topological polar surface area (TPSA) is 96.8 Å². The van der Waals surface area contributed by atoms with E-state index >= 15 is 0 Å². The summed E-state index contributed by atoms with van der Waals surface area (Å²) in [7, 11) is 0. The zero-order chi connectivity index (χ0) is 24.2. The van der Waals surface area contributed by atoms with Crippen LogP contribution in [0.4, 0.5) is 0 Å². The number of likely N-dealkylation sites (tertiary alicyclic amines) is 1. The van der Waals surface area contributed by atoms with E-state index in [0.717, 1.165) is 44.3 Å². The standard InChI is InChI=1S/C26H33N5O4/c32-24(27-17-20-10-6-15-35-20)22-11-4-5-13-30(22)25(33)21-16-23-26(34)29(12-7-14-31(23)28-21)18-19-8-2-1-3-9-19/h1-3,8-9,16,20,22H,4-7,10-15,17-18H2,(H,27,32)/t20-,22+/m1/s1. The monoisotopic (exact) mass is 479 g/mol. The Kier molecular flexibility index (Phi) is 7.13. The third-order valence-electron chi connectivity index (χ3n) is 7.11. The van der Waals surface area contributed by atoms with E-state index in [4.69, 9.17) is 4.74 Å². The van der Waals surface area contributed by atoms with E-state index in [2.05, 4.69) is 10.4 Å². The average molecular weight is 480 g/mol. The van der Waals surface area contributed by atoms with Gasteiger partial charge in [0.25, 0.3) is 11.8 Å². The molecule has 0 radical (unpaired) electrons. The number of benzene rings is 1. The Bertz CT molecular complexity index is 1060. The van der Waals surface area contributed by atoms with Gasteiger partial charge in [-0.1, -0.05) is 30.3 Å². The Morgan fingerprint density at radius 1 is 1.03 bits per heavy atom. The Labute approximate surface area is 205 Å². The summed E-state index contributed by atoms with van der Waals surface area (Å²) in [5, 5.41) is 7.49. The quantitative estimate of drug-likeness (QED) is 0.685. The number of piperidine rings is 1. The maximum Gasteiger partial charge on any atom is 0.275 e. The molecule has 2 aromatic rings. The first-order valence-electron chi connectivity index (χ1n) is 12.7. The Hall–Kier alpha value is -3.20. The van der Waals surface area contributed by atoms with Crippen molar-refractivity contribution in [3.63, 3.8) is 0 Å². The number of aromatic nitrogens is 2. The second kappa shape index (κ2) is 10.6. The molecule has 2 fully saturated rings. The average Bonchev–Trinajstić information content (AvgIpc) is 3.54. The maximum atomic E-state index is 13.5. The molecule has 3 amide bonds. The normalized spacial score (nSPS) is 22.6. The van der Waals surface area contributed by atoms with Gasteiger partial charge in [0.2, 0.25) is 5.91 Å². The smallest absolute Gasteiger partial charge is 0.275 e. The van der Waals surface area contributed by atoms with E-state index in [0.29, 0.717) is 44.8 Å². The Balaban J connectivity index is 1.29. The molecular weight excluding hydrogens is 446 g/mol. The number of carbonyl (C=O) groups excluding carboxylic acids is 3. The second-order valence-electron chi connectivity index (χ2n) is 9.59. The van der Waals surface area contributed by atoms with Crippen molar-refractivity contribution in [2.75, 3.05) is 26.2 Å². The molecule has 0 saturated carbocycles. The Morgan fingerprint density at radius 3 is 2.69 bits per heavy atom. The third-order valence-corrected chi connectivity index (χ3v) is 7.11. The fraction of sp³-hybridized carbons (Fsp3) is 0.538. The van der Waals surface area contributed by atoms with E-state index in [1.54, 1.807) is 15.6 Å². The van der Waals surface area contributed by atoms with Crippen LogP contribution >= 0.6 is 0 Å². The number of nitrogens with zero attached hydrogens (tertiary/aromatic N) is 4. The van der Waals surface area contributed by atoms with E-state index < -0.39 is 6.04 Å². The summed E-state index contributed by atoms with van der Waals surface area (Å²) in [5.74, 6) is -0.549. The van der Waals surface area contributed by atoms with Crippen molar-refractivity contribution >= 4 is 17.7 Å². The molecule has 0 bridgehead atoms. The minimum absolute atomic E-state index is 0.0559. The van der Waals surface area contributed by atoms with Gasteiger partial charge in [-0.2, -0.15) is 5.10 Å². The van der Waals surface area contributed by atoms with E-state index in [1.165, 1.54) is 0 Å². The van der Waals surface area contributed by atoms with Gasteiger partial charge in [-0.25, -0.2) is 0 Å². The van der Waals surface area contributed by atoms with Crippen LogP contribution in [0, 0.1) is 0 Å². The molecule has 3 aliphatic heterocycles. The highest BCUT2D eigenvalue weighted by molar-refractivity contribution is 5.99. The Morgan fingerprint density at radius 2 is 1.89 bits per heavy atom.